The molecule has 8 heteroatoms. The molecular formula is C19H24N4O4. The number of carbonyl (C=O) groups excluding carboxylic acids is 2. The van der Waals surface area contributed by atoms with Gasteiger partial charge in [0.15, 0.2) is 5.82 Å². The van der Waals surface area contributed by atoms with Crippen molar-refractivity contribution in [2.24, 2.45) is 0 Å². The van der Waals surface area contributed by atoms with Crippen LogP contribution in [-0.2, 0) is 20.7 Å². The molecule has 0 aliphatic carbocycles. The lowest BCUT2D eigenvalue weighted by molar-refractivity contribution is -0.136. The minimum absolute atomic E-state index is 0.230. The Balaban J connectivity index is 1.36. The van der Waals surface area contributed by atoms with Gasteiger partial charge in [0.25, 0.3) is 0 Å². The van der Waals surface area contributed by atoms with Crippen LogP contribution >= 0.6 is 0 Å². The van der Waals surface area contributed by atoms with Crippen molar-refractivity contribution in [2.75, 3.05) is 43.1 Å². The van der Waals surface area contributed by atoms with Crippen LogP contribution in [0.5, 0.6) is 0 Å². The zero-order chi connectivity index (χ0) is 19.1. The number of hydrogen-bond acceptors (Lipinski definition) is 6. The first-order valence-electron chi connectivity index (χ1n) is 9.06. The van der Waals surface area contributed by atoms with E-state index in [0.29, 0.717) is 12.3 Å². The van der Waals surface area contributed by atoms with E-state index in [1.54, 1.807) is 13.0 Å². The highest BCUT2D eigenvalue weighted by molar-refractivity contribution is 6.39. The number of ether oxygens (including phenoxy) is 1. The Hall–Kier alpha value is -2.87. The van der Waals surface area contributed by atoms with Gasteiger partial charge in [-0.3, -0.25) is 14.9 Å². The molecule has 2 heterocycles. The third-order valence-electron chi connectivity index (χ3n) is 4.32. The molecule has 0 unspecified atom stereocenters. The van der Waals surface area contributed by atoms with Gasteiger partial charge in [0.05, 0.1) is 13.2 Å². The summed E-state index contributed by atoms with van der Waals surface area (Å²) in [6.07, 6.45) is 1.58. The molecule has 1 aromatic carbocycles. The van der Waals surface area contributed by atoms with Gasteiger partial charge in [-0.1, -0.05) is 17.3 Å². The minimum atomic E-state index is -0.752. The number of nitrogens with one attached hydrogen (secondary N) is 2. The SMILES string of the molecule is Cc1cc(NC(=O)C(=O)NCCCc2ccc(N3CCOCC3)cc2)no1. The predicted molar refractivity (Wildman–Crippen MR) is 101 cm³/mol. The lowest BCUT2D eigenvalue weighted by atomic mass is 10.1. The molecule has 0 bridgehead atoms. The van der Waals surface area contributed by atoms with E-state index in [0.717, 1.165) is 39.1 Å². The molecule has 0 radical (unpaired) electrons. The molecule has 0 spiro atoms. The van der Waals surface area contributed by atoms with Crippen molar-refractivity contribution >= 4 is 23.3 Å². The Kier molecular flexibility index (Phi) is 6.43. The summed E-state index contributed by atoms with van der Waals surface area (Å²) in [6.45, 7) is 5.50. The standard InChI is InChI=1S/C19H24N4O4/c1-14-13-17(22-27-14)21-19(25)18(24)20-8-2-3-15-4-6-16(7-5-15)23-9-11-26-12-10-23/h4-7,13H,2-3,8-12H2,1H3,(H,20,24)(H,21,22,25). The van der Waals surface area contributed by atoms with Crippen molar-refractivity contribution in [1.82, 2.24) is 10.5 Å². The number of anilines is 2. The summed E-state index contributed by atoms with van der Waals surface area (Å²) in [4.78, 5) is 25.9. The summed E-state index contributed by atoms with van der Waals surface area (Å²) >= 11 is 0. The summed E-state index contributed by atoms with van der Waals surface area (Å²) in [7, 11) is 0. The van der Waals surface area contributed by atoms with Crippen molar-refractivity contribution in [3.8, 4) is 0 Å². The second-order valence-electron chi connectivity index (χ2n) is 6.40. The van der Waals surface area contributed by atoms with E-state index in [4.69, 9.17) is 9.26 Å². The first-order chi connectivity index (χ1) is 13.1. The maximum absolute atomic E-state index is 11.8. The summed E-state index contributed by atoms with van der Waals surface area (Å²) in [5, 5.41) is 8.62. The van der Waals surface area contributed by atoms with E-state index < -0.39 is 11.8 Å². The maximum Gasteiger partial charge on any atom is 0.314 e. The number of benzene rings is 1. The first-order valence-corrected chi connectivity index (χ1v) is 9.06. The molecule has 1 aliphatic heterocycles. The molecule has 0 saturated carbocycles. The number of morpholine rings is 1. The van der Waals surface area contributed by atoms with Crippen LogP contribution in [0, 0.1) is 6.92 Å². The van der Waals surface area contributed by atoms with Crippen LogP contribution in [-0.4, -0.2) is 49.8 Å². The highest BCUT2D eigenvalue weighted by Crippen LogP contribution is 2.17. The third kappa shape index (κ3) is 5.55. The van der Waals surface area contributed by atoms with Crippen molar-refractivity contribution in [3.63, 3.8) is 0 Å². The van der Waals surface area contributed by atoms with Gasteiger partial charge in [-0.2, -0.15) is 0 Å². The fourth-order valence-corrected chi connectivity index (χ4v) is 2.87. The monoisotopic (exact) mass is 372 g/mol. The van der Waals surface area contributed by atoms with E-state index in [1.165, 1.54) is 11.3 Å². The quantitative estimate of drug-likeness (QED) is 0.589. The molecule has 8 nitrogen and oxygen atoms in total. The molecule has 27 heavy (non-hydrogen) atoms. The van der Waals surface area contributed by atoms with Crippen molar-refractivity contribution in [3.05, 3.63) is 41.7 Å². The molecule has 1 aromatic heterocycles. The lowest BCUT2D eigenvalue weighted by Crippen LogP contribution is -2.36. The molecule has 1 saturated heterocycles. The Morgan fingerprint density at radius 3 is 2.56 bits per heavy atom. The van der Waals surface area contributed by atoms with Gasteiger partial charge in [-0.05, 0) is 37.5 Å². The molecule has 144 valence electrons. The molecule has 3 rings (SSSR count). The number of carbonyl (C=O) groups is 2. The number of aromatic nitrogens is 1. The Morgan fingerprint density at radius 1 is 1.15 bits per heavy atom. The number of rotatable bonds is 6. The Morgan fingerprint density at radius 2 is 1.89 bits per heavy atom. The van der Waals surface area contributed by atoms with Gasteiger partial charge in [0, 0.05) is 31.4 Å². The zero-order valence-corrected chi connectivity index (χ0v) is 15.4. The van der Waals surface area contributed by atoms with Crippen LogP contribution < -0.4 is 15.5 Å². The summed E-state index contributed by atoms with van der Waals surface area (Å²) in [5.74, 6) is -0.644. The molecule has 1 aliphatic rings. The Labute approximate surface area is 157 Å². The summed E-state index contributed by atoms with van der Waals surface area (Å²) in [5.41, 5.74) is 2.40. The third-order valence-corrected chi connectivity index (χ3v) is 4.32. The van der Waals surface area contributed by atoms with Crippen LogP contribution in [0.4, 0.5) is 11.5 Å². The largest absolute Gasteiger partial charge is 0.378 e. The molecular weight excluding hydrogens is 348 g/mol. The first kappa shape index (κ1) is 18.9. The average Bonchev–Trinajstić information content (AvgIpc) is 3.11. The normalized spacial score (nSPS) is 14.0. The fraction of sp³-hybridized carbons (Fsp3) is 0.421. The van der Waals surface area contributed by atoms with Gasteiger partial charge in [-0.25, -0.2) is 0 Å². The molecule has 1 fully saturated rings. The number of nitrogens with zero attached hydrogens (tertiary/aromatic N) is 2. The predicted octanol–water partition coefficient (Wildman–Crippen LogP) is 1.51. The second-order valence-corrected chi connectivity index (χ2v) is 6.40. The number of aryl methyl sites for hydroxylation is 2. The maximum atomic E-state index is 11.8. The van der Waals surface area contributed by atoms with Crippen molar-refractivity contribution in [1.29, 1.82) is 0 Å². The number of amides is 2. The van der Waals surface area contributed by atoms with Crippen LogP contribution in [0.15, 0.2) is 34.9 Å². The van der Waals surface area contributed by atoms with Gasteiger partial charge in [-0.15, -0.1) is 0 Å². The van der Waals surface area contributed by atoms with E-state index in [2.05, 4.69) is 45.0 Å². The summed E-state index contributed by atoms with van der Waals surface area (Å²) in [6, 6.07) is 9.99. The second kappa shape index (κ2) is 9.18. The van der Waals surface area contributed by atoms with Gasteiger partial charge < -0.3 is 19.5 Å². The molecule has 2 aromatic rings. The lowest BCUT2D eigenvalue weighted by Gasteiger charge is -2.28. The highest BCUT2D eigenvalue weighted by Gasteiger charge is 2.15. The van der Waals surface area contributed by atoms with E-state index in [1.807, 2.05) is 0 Å². The van der Waals surface area contributed by atoms with Crippen LogP contribution in [0.3, 0.4) is 0 Å². The van der Waals surface area contributed by atoms with E-state index in [9.17, 15) is 9.59 Å². The van der Waals surface area contributed by atoms with Gasteiger partial charge in [0.2, 0.25) is 0 Å². The highest BCUT2D eigenvalue weighted by atomic mass is 16.5. The fourth-order valence-electron chi connectivity index (χ4n) is 2.87. The average molecular weight is 372 g/mol. The zero-order valence-electron chi connectivity index (χ0n) is 15.4. The molecule has 2 N–H and O–H groups in total. The van der Waals surface area contributed by atoms with E-state index >= 15 is 0 Å². The smallest absolute Gasteiger partial charge is 0.314 e. The molecule has 2 amide bonds. The minimum Gasteiger partial charge on any atom is -0.378 e. The van der Waals surface area contributed by atoms with Crippen molar-refractivity contribution in [2.45, 2.75) is 19.8 Å². The van der Waals surface area contributed by atoms with Gasteiger partial charge in [0.1, 0.15) is 5.76 Å². The van der Waals surface area contributed by atoms with Crippen LogP contribution in [0.2, 0.25) is 0 Å². The van der Waals surface area contributed by atoms with Crippen LogP contribution in [0.1, 0.15) is 17.7 Å². The topological polar surface area (TPSA) is 96.7 Å². The summed E-state index contributed by atoms with van der Waals surface area (Å²) < 4.78 is 10.2. The Bertz CT molecular complexity index is 766. The van der Waals surface area contributed by atoms with Crippen LogP contribution in [0.25, 0.3) is 0 Å². The molecule has 0 atom stereocenters. The van der Waals surface area contributed by atoms with Gasteiger partial charge >= 0.3 is 11.8 Å². The number of hydrogen-bond donors (Lipinski definition) is 2. The van der Waals surface area contributed by atoms with E-state index in [-0.39, 0.29) is 5.82 Å². The van der Waals surface area contributed by atoms with Crippen molar-refractivity contribution < 1.29 is 18.8 Å².